The van der Waals surface area contributed by atoms with Crippen LogP contribution in [0.2, 0.25) is 0 Å². The molecule has 2 aromatic carbocycles. The summed E-state index contributed by atoms with van der Waals surface area (Å²) in [5, 5.41) is 3.00. The minimum Gasteiger partial charge on any atom is -0.449 e. The second-order valence-corrected chi connectivity index (χ2v) is 10.0. The van der Waals surface area contributed by atoms with E-state index in [-0.39, 0.29) is 17.1 Å². The molecule has 4 rings (SSSR count). The zero-order chi connectivity index (χ0) is 23.0. The molecule has 1 atom stereocenters. The van der Waals surface area contributed by atoms with Crippen molar-refractivity contribution in [2.45, 2.75) is 24.8 Å². The molecule has 0 saturated heterocycles. The summed E-state index contributed by atoms with van der Waals surface area (Å²) in [6.07, 6.45) is -1.06. The largest absolute Gasteiger partial charge is 0.449 e. The lowest BCUT2D eigenvalue weighted by Crippen LogP contribution is -2.35. The third kappa shape index (κ3) is 4.53. The maximum absolute atomic E-state index is 12.6. The summed E-state index contributed by atoms with van der Waals surface area (Å²) in [5.74, 6) is -1.34. The lowest BCUT2D eigenvalue weighted by molar-refractivity contribution is -0.123. The summed E-state index contributed by atoms with van der Waals surface area (Å²) in [6.45, 7) is 3.21. The highest BCUT2D eigenvalue weighted by Gasteiger charge is 2.33. The van der Waals surface area contributed by atoms with Crippen molar-refractivity contribution in [2.24, 2.45) is 4.40 Å². The van der Waals surface area contributed by atoms with Crippen molar-refractivity contribution in [1.29, 1.82) is 0 Å². The number of ether oxygens (including phenoxy) is 1. The molecule has 9 nitrogen and oxygen atoms in total. The quantitative estimate of drug-likeness (QED) is 0.520. The van der Waals surface area contributed by atoms with Crippen LogP contribution in [-0.4, -0.2) is 49.6 Å². The zero-order valence-electron chi connectivity index (χ0n) is 17.2. The van der Waals surface area contributed by atoms with Crippen molar-refractivity contribution in [3.63, 3.8) is 0 Å². The number of fused-ring (bicyclic) bond motifs is 3. The average molecular weight is 474 g/mol. The van der Waals surface area contributed by atoms with Gasteiger partial charge in [-0.15, -0.1) is 4.40 Å². The number of Topliss-reactive ketones (excluding diaryl/α,β-unsaturated/α-hetero) is 1. The predicted molar refractivity (Wildman–Crippen MR) is 121 cm³/mol. The number of carbonyl (C=O) groups is 3. The van der Waals surface area contributed by atoms with E-state index in [9.17, 15) is 22.8 Å². The SMILES string of the molecule is CC(=O)c1ccc(NC(=O)C(C)OC(=O)c2ccc3c(c2)SC2=NS(=O)(=O)CCN23)cc1. The Morgan fingerprint density at radius 1 is 1.12 bits per heavy atom. The van der Waals surface area contributed by atoms with E-state index >= 15 is 0 Å². The number of benzene rings is 2. The second kappa shape index (κ2) is 8.40. The van der Waals surface area contributed by atoms with Gasteiger partial charge in [-0.25, -0.2) is 13.2 Å². The molecule has 1 amide bonds. The van der Waals surface area contributed by atoms with E-state index in [1.807, 2.05) is 0 Å². The zero-order valence-corrected chi connectivity index (χ0v) is 18.8. The van der Waals surface area contributed by atoms with E-state index in [4.69, 9.17) is 4.74 Å². The normalized spacial score (nSPS) is 16.9. The molecule has 2 aliphatic heterocycles. The first-order valence-electron chi connectivity index (χ1n) is 9.68. The van der Waals surface area contributed by atoms with E-state index in [1.54, 1.807) is 47.4 Å². The van der Waals surface area contributed by atoms with Crippen LogP contribution in [0.25, 0.3) is 0 Å². The van der Waals surface area contributed by atoms with Crippen molar-refractivity contribution in [1.82, 2.24) is 0 Å². The van der Waals surface area contributed by atoms with Gasteiger partial charge in [0.1, 0.15) is 0 Å². The van der Waals surface area contributed by atoms with Gasteiger partial charge in [-0.2, -0.15) is 0 Å². The van der Waals surface area contributed by atoms with E-state index in [0.717, 1.165) is 5.69 Å². The summed E-state index contributed by atoms with van der Waals surface area (Å²) in [5.41, 5.74) is 2.02. The molecule has 11 heteroatoms. The molecule has 32 heavy (non-hydrogen) atoms. The first-order valence-corrected chi connectivity index (χ1v) is 12.1. The Labute approximate surface area is 188 Å². The first-order chi connectivity index (χ1) is 15.1. The summed E-state index contributed by atoms with van der Waals surface area (Å²) >= 11 is 1.17. The fraction of sp³-hybridized carbons (Fsp3) is 0.238. The molecule has 0 aliphatic carbocycles. The molecule has 0 saturated carbocycles. The maximum Gasteiger partial charge on any atom is 0.338 e. The number of nitrogens with one attached hydrogen (secondary N) is 1. The smallest absolute Gasteiger partial charge is 0.338 e. The number of hydrogen-bond acceptors (Lipinski definition) is 8. The Morgan fingerprint density at radius 2 is 1.81 bits per heavy atom. The van der Waals surface area contributed by atoms with Gasteiger partial charge in [-0.3, -0.25) is 9.59 Å². The highest BCUT2D eigenvalue weighted by molar-refractivity contribution is 8.15. The van der Waals surface area contributed by atoms with Gasteiger partial charge in [-0.05, 0) is 68.1 Å². The second-order valence-electron chi connectivity index (χ2n) is 7.27. The van der Waals surface area contributed by atoms with Gasteiger partial charge >= 0.3 is 5.97 Å². The monoisotopic (exact) mass is 473 g/mol. The van der Waals surface area contributed by atoms with E-state index in [2.05, 4.69) is 9.71 Å². The number of esters is 1. The standard InChI is InChI=1S/C21H19N3O6S2/c1-12(25)14-3-6-16(7-4-14)22-19(26)13(2)30-20(27)15-5-8-17-18(11-15)31-21-23-32(28,29)10-9-24(17)21/h3-8,11,13H,9-10H2,1-2H3,(H,22,26). The number of amidine groups is 1. The molecule has 0 radical (unpaired) electrons. The lowest BCUT2D eigenvalue weighted by atomic mass is 10.1. The van der Waals surface area contributed by atoms with Crippen LogP contribution in [-0.2, 0) is 19.6 Å². The van der Waals surface area contributed by atoms with E-state index in [0.29, 0.717) is 27.9 Å². The Bertz CT molecular complexity index is 1250. The molecule has 0 fully saturated rings. The minimum absolute atomic E-state index is 0.0651. The van der Waals surface area contributed by atoms with Crippen LogP contribution in [0.15, 0.2) is 51.8 Å². The van der Waals surface area contributed by atoms with Crippen LogP contribution in [0.4, 0.5) is 11.4 Å². The molecule has 1 N–H and O–H groups in total. The van der Waals surface area contributed by atoms with Gasteiger partial charge in [-0.1, -0.05) is 0 Å². The summed E-state index contributed by atoms with van der Waals surface area (Å²) in [4.78, 5) is 38.8. The number of nitrogens with zero attached hydrogens (tertiary/aromatic N) is 2. The highest BCUT2D eigenvalue weighted by atomic mass is 32.2. The van der Waals surface area contributed by atoms with E-state index in [1.165, 1.54) is 25.6 Å². The highest BCUT2D eigenvalue weighted by Crippen LogP contribution is 2.42. The third-order valence-electron chi connectivity index (χ3n) is 4.92. The Balaban J connectivity index is 1.41. The molecule has 0 aromatic heterocycles. The van der Waals surface area contributed by atoms with Crippen molar-refractivity contribution < 1.29 is 27.5 Å². The Morgan fingerprint density at radius 3 is 2.50 bits per heavy atom. The Kier molecular flexibility index (Phi) is 5.78. The van der Waals surface area contributed by atoms with Gasteiger partial charge in [0.2, 0.25) is 0 Å². The number of hydrogen-bond donors (Lipinski definition) is 1. The number of anilines is 2. The van der Waals surface area contributed by atoms with Crippen LogP contribution in [0.1, 0.15) is 34.6 Å². The molecular formula is C21H19N3O6S2. The number of amides is 1. The van der Waals surface area contributed by atoms with Crippen LogP contribution >= 0.6 is 11.8 Å². The summed E-state index contributed by atoms with van der Waals surface area (Å²) in [7, 11) is -3.47. The van der Waals surface area contributed by atoms with Crippen LogP contribution in [0, 0.1) is 0 Å². The van der Waals surface area contributed by atoms with Gasteiger partial charge in [0.25, 0.3) is 15.9 Å². The molecule has 1 unspecified atom stereocenters. The van der Waals surface area contributed by atoms with Crippen LogP contribution in [0.3, 0.4) is 0 Å². The van der Waals surface area contributed by atoms with Crippen LogP contribution < -0.4 is 10.2 Å². The molecule has 2 aliphatic rings. The van der Waals surface area contributed by atoms with Crippen molar-refractivity contribution in [3.05, 3.63) is 53.6 Å². The van der Waals surface area contributed by atoms with Gasteiger partial charge < -0.3 is 15.0 Å². The van der Waals surface area contributed by atoms with Crippen molar-refractivity contribution in [2.75, 3.05) is 22.5 Å². The van der Waals surface area contributed by atoms with Gasteiger partial charge in [0.15, 0.2) is 17.1 Å². The topological polar surface area (TPSA) is 122 Å². The van der Waals surface area contributed by atoms with Crippen LogP contribution in [0.5, 0.6) is 0 Å². The maximum atomic E-state index is 12.6. The van der Waals surface area contributed by atoms with E-state index < -0.39 is 28.0 Å². The number of sulfonamides is 1. The average Bonchev–Trinajstić information content (AvgIpc) is 3.09. The van der Waals surface area contributed by atoms with Gasteiger partial charge in [0, 0.05) is 22.7 Å². The lowest BCUT2D eigenvalue weighted by Gasteiger charge is -2.22. The van der Waals surface area contributed by atoms with Crippen molar-refractivity contribution in [3.8, 4) is 0 Å². The fourth-order valence-electron chi connectivity index (χ4n) is 3.17. The Hall–Kier alpha value is -3.18. The summed E-state index contributed by atoms with van der Waals surface area (Å²) < 4.78 is 32.5. The molecule has 2 aromatic rings. The number of carbonyl (C=O) groups excluding carboxylic acids is 3. The minimum atomic E-state index is -3.47. The molecule has 2 heterocycles. The number of rotatable bonds is 5. The molecule has 0 spiro atoms. The molecular weight excluding hydrogens is 454 g/mol. The fourth-order valence-corrected chi connectivity index (χ4v) is 5.47. The van der Waals surface area contributed by atoms with Crippen molar-refractivity contribution >= 4 is 56.0 Å². The van der Waals surface area contributed by atoms with Gasteiger partial charge in [0.05, 0.1) is 17.0 Å². The third-order valence-corrected chi connectivity index (χ3v) is 7.23. The number of thioether (sulfide) groups is 1. The predicted octanol–water partition coefficient (Wildman–Crippen LogP) is 2.68. The molecule has 0 bridgehead atoms. The molecule has 166 valence electrons. The summed E-state index contributed by atoms with van der Waals surface area (Å²) in [6, 6.07) is 11.3. The number of ketones is 1. The first kappa shape index (κ1) is 22.0.